The number of halogens is 1. The number of rotatable bonds is 4. The van der Waals surface area contributed by atoms with Crippen molar-refractivity contribution in [3.05, 3.63) is 65.2 Å². The minimum Gasteiger partial charge on any atom is -0.368 e. The van der Waals surface area contributed by atoms with Crippen LogP contribution in [0.25, 0.3) is 6.08 Å². The van der Waals surface area contributed by atoms with E-state index in [9.17, 15) is 4.79 Å². The van der Waals surface area contributed by atoms with Crippen LogP contribution in [0.15, 0.2) is 54.6 Å². The van der Waals surface area contributed by atoms with Gasteiger partial charge in [-0.3, -0.25) is 4.79 Å². The lowest BCUT2D eigenvalue weighted by molar-refractivity contribution is -0.111. The fourth-order valence-electron chi connectivity index (χ4n) is 2.81. The lowest BCUT2D eigenvalue weighted by Crippen LogP contribution is -2.44. The van der Waals surface area contributed by atoms with Gasteiger partial charge in [0.1, 0.15) is 0 Å². The Bertz CT molecular complexity index is 753. The third kappa shape index (κ3) is 4.84. The summed E-state index contributed by atoms with van der Waals surface area (Å²) >= 11 is 6.43. The molecule has 0 radical (unpaired) electrons. The first-order valence-electron chi connectivity index (χ1n) is 8.39. The fraction of sp³-hybridized carbons (Fsp3) is 0.250. The second kappa shape index (κ2) is 8.19. The first-order chi connectivity index (χ1) is 12.1. The molecule has 0 spiro atoms. The van der Waals surface area contributed by atoms with E-state index in [1.165, 1.54) is 6.08 Å². The average molecular weight is 356 g/mol. The highest BCUT2D eigenvalue weighted by molar-refractivity contribution is 6.33. The van der Waals surface area contributed by atoms with E-state index in [1.807, 2.05) is 48.5 Å². The Morgan fingerprint density at radius 2 is 1.80 bits per heavy atom. The summed E-state index contributed by atoms with van der Waals surface area (Å²) in [5.74, 6) is -0.174. The van der Waals surface area contributed by atoms with Crippen LogP contribution < -0.4 is 10.2 Å². The second-order valence-electron chi connectivity index (χ2n) is 6.19. The molecule has 25 heavy (non-hydrogen) atoms. The summed E-state index contributed by atoms with van der Waals surface area (Å²) in [6, 6.07) is 15.4. The number of benzene rings is 2. The monoisotopic (exact) mass is 355 g/mol. The molecule has 0 aliphatic carbocycles. The van der Waals surface area contributed by atoms with E-state index in [-0.39, 0.29) is 5.91 Å². The molecule has 4 nitrogen and oxygen atoms in total. The van der Waals surface area contributed by atoms with Gasteiger partial charge in [-0.05, 0) is 36.9 Å². The van der Waals surface area contributed by atoms with Crippen LogP contribution in [-0.2, 0) is 4.79 Å². The Labute approximate surface area is 153 Å². The number of likely N-dealkylation sites (N-methyl/N-ethyl adjacent to an activating group) is 1. The van der Waals surface area contributed by atoms with E-state index < -0.39 is 0 Å². The van der Waals surface area contributed by atoms with Crippen LogP contribution in [0, 0.1) is 0 Å². The first-order valence-corrected chi connectivity index (χ1v) is 8.77. The number of anilines is 2. The van der Waals surface area contributed by atoms with E-state index in [4.69, 9.17) is 11.6 Å². The van der Waals surface area contributed by atoms with Gasteiger partial charge in [-0.2, -0.15) is 0 Å². The van der Waals surface area contributed by atoms with E-state index in [0.29, 0.717) is 10.7 Å². The van der Waals surface area contributed by atoms with Gasteiger partial charge in [0.2, 0.25) is 5.91 Å². The lowest BCUT2D eigenvalue weighted by Gasteiger charge is -2.34. The third-order valence-corrected chi connectivity index (χ3v) is 4.59. The maximum Gasteiger partial charge on any atom is 0.248 e. The van der Waals surface area contributed by atoms with Gasteiger partial charge >= 0.3 is 0 Å². The summed E-state index contributed by atoms with van der Waals surface area (Å²) in [6.07, 6.45) is 3.31. The first kappa shape index (κ1) is 17.5. The van der Waals surface area contributed by atoms with Crippen LogP contribution >= 0.6 is 11.6 Å². The topological polar surface area (TPSA) is 35.6 Å². The molecule has 3 rings (SSSR count). The average Bonchev–Trinajstić information content (AvgIpc) is 2.62. The quantitative estimate of drug-likeness (QED) is 0.848. The summed E-state index contributed by atoms with van der Waals surface area (Å²) in [5, 5.41) is 3.51. The zero-order valence-electron chi connectivity index (χ0n) is 14.3. The molecule has 1 fully saturated rings. The molecule has 0 saturated carbocycles. The molecule has 1 aliphatic rings. The van der Waals surface area contributed by atoms with Crippen LogP contribution in [0.4, 0.5) is 11.4 Å². The van der Waals surface area contributed by atoms with Crippen molar-refractivity contribution in [2.45, 2.75) is 0 Å². The molecule has 1 saturated heterocycles. The van der Waals surface area contributed by atoms with Crippen molar-refractivity contribution in [2.24, 2.45) is 0 Å². The predicted molar refractivity (Wildman–Crippen MR) is 105 cm³/mol. The van der Waals surface area contributed by atoms with Crippen LogP contribution in [-0.4, -0.2) is 44.0 Å². The zero-order valence-corrected chi connectivity index (χ0v) is 15.0. The van der Waals surface area contributed by atoms with Crippen LogP contribution in [0.5, 0.6) is 0 Å². The highest BCUT2D eigenvalue weighted by atomic mass is 35.5. The molecule has 1 heterocycles. The van der Waals surface area contributed by atoms with Crippen molar-refractivity contribution in [1.82, 2.24) is 4.90 Å². The van der Waals surface area contributed by atoms with Crippen molar-refractivity contribution in [3.63, 3.8) is 0 Å². The fourth-order valence-corrected chi connectivity index (χ4v) is 3.11. The van der Waals surface area contributed by atoms with Gasteiger partial charge < -0.3 is 15.1 Å². The largest absolute Gasteiger partial charge is 0.368 e. The van der Waals surface area contributed by atoms with Gasteiger partial charge in [0.05, 0.1) is 10.7 Å². The smallest absolute Gasteiger partial charge is 0.248 e. The van der Waals surface area contributed by atoms with Crippen molar-refractivity contribution in [1.29, 1.82) is 0 Å². The van der Waals surface area contributed by atoms with Gasteiger partial charge in [0, 0.05) is 37.9 Å². The van der Waals surface area contributed by atoms with Crippen LogP contribution in [0.1, 0.15) is 5.56 Å². The third-order valence-electron chi connectivity index (χ3n) is 4.29. The number of piperazine rings is 1. The normalized spacial score (nSPS) is 15.5. The number of carbonyl (C=O) groups excluding carboxylic acids is 1. The molecule has 130 valence electrons. The summed E-state index contributed by atoms with van der Waals surface area (Å²) in [7, 11) is 2.13. The number of nitrogens with zero attached hydrogens (tertiary/aromatic N) is 2. The predicted octanol–water partition coefficient (Wildman–Crippen LogP) is 3.74. The van der Waals surface area contributed by atoms with Gasteiger partial charge in [-0.1, -0.05) is 41.9 Å². The van der Waals surface area contributed by atoms with E-state index in [2.05, 4.69) is 22.2 Å². The van der Waals surface area contributed by atoms with Gasteiger partial charge in [0.15, 0.2) is 0 Å². The van der Waals surface area contributed by atoms with Gasteiger partial charge in [-0.25, -0.2) is 0 Å². The molecule has 0 unspecified atom stereocenters. The number of hydrogen-bond donors (Lipinski definition) is 1. The molecule has 2 aromatic carbocycles. The summed E-state index contributed by atoms with van der Waals surface area (Å²) in [6.45, 7) is 3.97. The van der Waals surface area contributed by atoms with Crippen molar-refractivity contribution in [3.8, 4) is 0 Å². The number of amides is 1. The molecule has 1 N–H and O–H groups in total. The van der Waals surface area contributed by atoms with Gasteiger partial charge in [0.25, 0.3) is 0 Å². The Morgan fingerprint density at radius 1 is 1.08 bits per heavy atom. The maximum absolute atomic E-state index is 12.1. The summed E-state index contributed by atoms with van der Waals surface area (Å²) in [4.78, 5) is 16.6. The number of hydrogen-bond acceptors (Lipinski definition) is 3. The molecule has 2 aromatic rings. The van der Waals surface area contributed by atoms with E-state index in [0.717, 1.165) is 37.4 Å². The Balaban J connectivity index is 1.62. The summed E-state index contributed by atoms with van der Waals surface area (Å²) in [5.41, 5.74) is 2.71. The van der Waals surface area contributed by atoms with Crippen molar-refractivity contribution >= 4 is 35.0 Å². The second-order valence-corrected chi connectivity index (χ2v) is 6.60. The van der Waals surface area contributed by atoms with Gasteiger partial charge in [-0.15, -0.1) is 0 Å². The molecule has 0 atom stereocenters. The lowest BCUT2D eigenvalue weighted by atomic mass is 10.2. The molecule has 1 amide bonds. The van der Waals surface area contributed by atoms with E-state index >= 15 is 0 Å². The highest BCUT2D eigenvalue weighted by Crippen LogP contribution is 2.29. The minimum absolute atomic E-state index is 0.174. The SMILES string of the molecule is CN1CCN(c2ccc(NC(=O)/C=C/c3ccccc3)cc2Cl)CC1. The Kier molecular flexibility index (Phi) is 5.74. The molecule has 0 aromatic heterocycles. The van der Waals surface area contributed by atoms with Crippen molar-refractivity contribution in [2.75, 3.05) is 43.4 Å². The molecule has 5 heteroatoms. The molecule has 1 aliphatic heterocycles. The van der Waals surface area contributed by atoms with Crippen molar-refractivity contribution < 1.29 is 4.79 Å². The molecule has 0 bridgehead atoms. The molecular weight excluding hydrogens is 334 g/mol. The van der Waals surface area contributed by atoms with Crippen LogP contribution in [0.2, 0.25) is 5.02 Å². The Hall–Kier alpha value is -2.30. The van der Waals surface area contributed by atoms with Crippen LogP contribution in [0.3, 0.4) is 0 Å². The minimum atomic E-state index is -0.174. The molecular formula is C20H22ClN3O. The summed E-state index contributed by atoms with van der Waals surface area (Å²) < 4.78 is 0. The number of carbonyl (C=O) groups is 1. The zero-order chi connectivity index (χ0) is 17.6. The van der Waals surface area contributed by atoms with E-state index in [1.54, 1.807) is 6.08 Å². The maximum atomic E-state index is 12.1. The standard InChI is InChI=1S/C20H22ClN3O/c1-23-11-13-24(14-12-23)19-9-8-17(15-18(19)21)22-20(25)10-7-16-5-3-2-4-6-16/h2-10,15H,11-14H2,1H3,(H,22,25)/b10-7+. The Morgan fingerprint density at radius 3 is 2.48 bits per heavy atom. The highest BCUT2D eigenvalue weighted by Gasteiger charge is 2.16. The number of nitrogens with one attached hydrogen (secondary N) is 1.